The molecule has 3 heterocycles. The summed E-state index contributed by atoms with van der Waals surface area (Å²) < 4.78 is 0. The molecule has 0 bridgehead atoms. The molecule has 3 aliphatic heterocycles. The van der Waals surface area contributed by atoms with Crippen LogP contribution in [0.4, 0.5) is 5.69 Å². The summed E-state index contributed by atoms with van der Waals surface area (Å²) in [5.74, 6) is -3.36. The lowest BCUT2D eigenvalue weighted by atomic mass is 9.86. The molecule has 7 nitrogen and oxygen atoms in total. The van der Waals surface area contributed by atoms with Gasteiger partial charge in [-0.3, -0.25) is 24.1 Å². The summed E-state index contributed by atoms with van der Waals surface area (Å²) in [4.78, 5) is 57.3. The third-order valence-corrected chi connectivity index (χ3v) is 7.01. The van der Waals surface area contributed by atoms with Gasteiger partial charge < -0.3 is 10.2 Å². The number of imide groups is 1. The number of carbonyl (C=O) groups is 4. The molecule has 4 amide bonds. The molecule has 0 radical (unpaired) electrons. The Bertz CT molecular complexity index is 1320. The van der Waals surface area contributed by atoms with Gasteiger partial charge in [-0.05, 0) is 23.3 Å². The van der Waals surface area contributed by atoms with Crippen LogP contribution in [0.2, 0.25) is 0 Å². The average molecular weight is 451 g/mol. The number of nitrogens with one attached hydrogen (secondary N) is 1. The highest BCUT2D eigenvalue weighted by Gasteiger charge is 2.66. The molecule has 0 spiro atoms. The van der Waals surface area contributed by atoms with Crippen LogP contribution in [0.1, 0.15) is 27.5 Å². The van der Waals surface area contributed by atoms with Crippen molar-refractivity contribution in [2.24, 2.45) is 11.8 Å². The van der Waals surface area contributed by atoms with Crippen molar-refractivity contribution in [3.8, 4) is 0 Å². The van der Waals surface area contributed by atoms with Crippen molar-refractivity contribution in [1.82, 2.24) is 9.80 Å². The molecule has 4 atom stereocenters. The molecular weight excluding hydrogens is 430 g/mol. The maximum atomic E-state index is 13.8. The van der Waals surface area contributed by atoms with Crippen molar-refractivity contribution >= 4 is 29.3 Å². The van der Waals surface area contributed by atoms with Crippen LogP contribution in [-0.2, 0) is 20.9 Å². The van der Waals surface area contributed by atoms with Gasteiger partial charge in [-0.15, -0.1) is 0 Å². The van der Waals surface area contributed by atoms with Gasteiger partial charge in [0.05, 0.1) is 35.7 Å². The molecule has 3 aliphatic rings. The van der Waals surface area contributed by atoms with E-state index in [0.29, 0.717) is 11.3 Å². The molecule has 6 rings (SSSR count). The van der Waals surface area contributed by atoms with Crippen LogP contribution in [0.15, 0.2) is 84.9 Å². The minimum Gasteiger partial charge on any atom is -0.324 e. The second-order valence-corrected chi connectivity index (χ2v) is 8.85. The van der Waals surface area contributed by atoms with E-state index < -0.39 is 35.7 Å². The fraction of sp³-hybridized carbons (Fsp3) is 0.185. The molecule has 0 saturated carbocycles. The molecule has 3 aromatic carbocycles. The second-order valence-electron chi connectivity index (χ2n) is 8.85. The van der Waals surface area contributed by atoms with E-state index in [0.717, 1.165) is 11.1 Å². The van der Waals surface area contributed by atoms with Crippen molar-refractivity contribution in [2.45, 2.75) is 18.6 Å². The quantitative estimate of drug-likeness (QED) is 0.621. The number of benzene rings is 3. The highest BCUT2D eigenvalue weighted by Crippen LogP contribution is 2.52. The molecule has 2 saturated heterocycles. The van der Waals surface area contributed by atoms with Gasteiger partial charge in [0.15, 0.2) is 0 Å². The number of hydrogen-bond donors (Lipinski definition) is 1. The van der Waals surface area contributed by atoms with Gasteiger partial charge in [-0.1, -0.05) is 72.8 Å². The van der Waals surface area contributed by atoms with Crippen molar-refractivity contribution < 1.29 is 19.2 Å². The van der Waals surface area contributed by atoms with Crippen molar-refractivity contribution in [2.75, 3.05) is 5.32 Å². The molecular formula is C27H21N3O4. The number of carbonyl (C=O) groups excluding carboxylic acids is 4. The Labute approximate surface area is 196 Å². The van der Waals surface area contributed by atoms with Gasteiger partial charge >= 0.3 is 0 Å². The van der Waals surface area contributed by atoms with Gasteiger partial charge in [0.25, 0.3) is 5.91 Å². The summed E-state index contributed by atoms with van der Waals surface area (Å²) in [5, 5.41) is 2.83. The summed E-state index contributed by atoms with van der Waals surface area (Å²) in [6, 6.07) is 23.5. The molecule has 0 aliphatic carbocycles. The lowest BCUT2D eigenvalue weighted by molar-refractivity contribution is -0.143. The normalized spacial score (nSPS) is 25.5. The van der Waals surface area contributed by atoms with Crippen LogP contribution in [0.25, 0.3) is 0 Å². The van der Waals surface area contributed by atoms with E-state index in [9.17, 15) is 19.2 Å². The fourth-order valence-electron chi connectivity index (χ4n) is 5.56. The van der Waals surface area contributed by atoms with Crippen molar-refractivity contribution in [3.05, 3.63) is 102 Å². The predicted molar refractivity (Wildman–Crippen MR) is 123 cm³/mol. The number of para-hydroxylation sites is 1. The number of amides is 4. The molecule has 0 aromatic heterocycles. The van der Waals surface area contributed by atoms with Crippen LogP contribution in [0, 0.1) is 11.8 Å². The number of fused-ring (bicyclic) bond motifs is 4. The standard InChI is InChI=1S/C27H21N3O4/c31-24-23-21-20(26(33)29(27(21)34)15-16-9-3-1-4-10-16)22(17-11-5-2-6-12-17)30(23)25(32)18-13-7-8-14-19(18)28-24/h1-14,20-23H,15H2,(H,28,31)/t20-,21+,22-,23-/m1/s1. The Kier molecular flexibility index (Phi) is 4.58. The highest BCUT2D eigenvalue weighted by molar-refractivity contribution is 6.16. The number of anilines is 1. The molecule has 168 valence electrons. The smallest absolute Gasteiger partial charge is 0.257 e. The highest BCUT2D eigenvalue weighted by atomic mass is 16.2. The first-order valence-electron chi connectivity index (χ1n) is 11.2. The molecule has 0 unspecified atom stereocenters. The molecule has 7 heteroatoms. The Balaban J connectivity index is 1.48. The largest absolute Gasteiger partial charge is 0.324 e. The monoisotopic (exact) mass is 451 g/mol. The van der Waals surface area contributed by atoms with E-state index in [2.05, 4.69) is 5.32 Å². The van der Waals surface area contributed by atoms with E-state index in [1.54, 1.807) is 24.3 Å². The minimum atomic E-state index is -1.08. The molecule has 34 heavy (non-hydrogen) atoms. The Morgan fingerprint density at radius 3 is 1.97 bits per heavy atom. The Morgan fingerprint density at radius 2 is 1.26 bits per heavy atom. The number of hydrogen-bond acceptors (Lipinski definition) is 4. The zero-order chi connectivity index (χ0) is 23.4. The molecule has 2 fully saturated rings. The number of nitrogens with zero attached hydrogens (tertiary/aromatic N) is 2. The van der Waals surface area contributed by atoms with Gasteiger partial charge in [0, 0.05) is 0 Å². The summed E-state index contributed by atoms with van der Waals surface area (Å²) in [5.41, 5.74) is 2.31. The van der Waals surface area contributed by atoms with Crippen LogP contribution >= 0.6 is 0 Å². The zero-order valence-corrected chi connectivity index (χ0v) is 18.1. The summed E-state index contributed by atoms with van der Waals surface area (Å²) in [7, 11) is 0. The third-order valence-electron chi connectivity index (χ3n) is 7.01. The molecule has 3 aromatic rings. The van der Waals surface area contributed by atoms with Crippen molar-refractivity contribution in [3.63, 3.8) is 0 Å². The maximum absolute atomic E-state index is 13.8. The van der Waals surface area contributed by atoms with Gasteiger partial charge in [0.1, 0.15) is 6.04 Å². The summed E-state index contributed by atoms with van der Waals surface area (Å²) in [6.45, 7) is 0.134. The first-order chi connectivity index (χ1) is 16.6. The molecule has 1 N–H and O–H groups in total. The topological polar surface area (TPSA) is 86.8 Å². The number of likely N-dealkylation sites (tertiary alicyclic amines) is 1. The zero-order valence-electron chi connectivity index (χ0n) is 18.1. The van der Waals surface area contributed by atoms with E-state index >= 15 is 0 Å². The van der Waals surface area contributed by atoms with E-state index in [1.807, 2.05) is 60.7 Å². The number of rotatable bonds is 3. The Morgan fingerprint density at radius 1 is 0.676 bits per heavy atom. The second kappa shape index (κ2) is 7.66. The summed E-state index contributed by atoms with van der Waals surface area (Å²) in [6.07, 6.45) is 0. The lowest BCUT2D eigenvalue weighted by Gasteiger charge is -2.31. The van der Waals surface area contributed by atoms with Crippen LogP contribution in [0.3, 0.4) is 0 Å². The van der Waals surface area contributed by atoms with E-state index in [1.165, 1.54) is 9.80 Å². The minimum absolute atomic E-state index is 0.134. The van der Waals surface area contributed by atoms with Crippen LogP contribution in [-0.4, -0.2) is 39.5 Å². The van der Waals surface area contributed by atoms with Gasteiger partial charge in [0.2, 0.25) is 17.7 Å². The van der Waals surface area contributed by atoms with Crippen LogP contribution in [0.5, 0.6) is 0 Å². The van der Waals surface area contributed by atoms with Gasteiger partial charge in [-0.2, -0.15) is 0 Å². The third kappa shape index (κ3) is 2.90. The summed E-state index contributed by atoms with van der Waals surface area (Å²) >= 11 is 0. The van der Waals surface area contributed by atoms with Crippen molar-refractivity contribution in [1.29, 1.82) is 0 Å². The van der Waals surface area contributed by atoms with Gasteiger partial charge in [-0.25, -0.2) is 0 Å². The fourth-order valence-corrected chi connectivity index (χ4v) is 5.56. The first-order valence-corrected chi connectivity index (χ1v) is 11.2. The van der Waals surface area contributed by atoms with E-state index in [-0.39, 0.29) is 18.4 Å². The maximum Gasteiger partial charge on any atom is 0.257 e. The Hall–Kier alpha value is -4.26. The van der Waals surface area contributed by atoms with Crippen LogP contribution < -0.4 is 5.32 Å². The SMILES string of the molecule is O=C1Nc2ccccc2C(=O)N2[C@H](c3ccccc3)[C@@H]3C(=O)N(Cc4ccccc4)C(=O)[C@@H]3[C@H]12. The predicted octanol–water partition coefficient (Wildman–Crippen LogP) is 3.01. The lowest BCUT2D eigenvalue weighted by Crippen LogP contribution is -2.48. The average Bonchev–Trinajstić information content (AvgIpc) is 3.30. The van der Waals surface area contributed by atoms with E-state index in [4.69, 9.17) is 0 Å². The first kappa shape index (κ1) is 20.4.